The third-order valence-electron chi connectivity index (χ3n) is 1.37. The van der Waals surface area contributed by atoms with E-state index in [1.165, 1.54) is 0 Å². The third-order valence-corrected chi connectivity index (χ3v) is 2.07. The molecule has 0 saturated carbocycles. The summed E-state index contributed by atoms with van der Waals surface area (Å²) in [4.78, 5) is 8.60. The second kappa shape index (κ2) is 6.78. The first-order valence-corrected chi connectivity index (χ1v) is 5.19. The van der Waals surface area contributed by atoms with E-state index in [9.17, 15) is 35.1 Å². The summed E-state index contributed by atoms with van der Waals surface area (Å²) < 4.78 is 102. The van der Waals surface area contributed by atoms with Crippen molar-refractivity contribution in [2.75, 3.05) is 13.2 Å². The van der Waals surface area contributed by atoms with Gasteiger partial charge in [-0.3, -0.25) is 0 Å². The predicted molar refractivity (Wildman–Crippen MR) is 42.9 cm³/mol. The second-order valence-corrected chi connectivity index (χ2v) is 3.90. The normalized spacial score (nSPS) is 14.0. The van der Waals surface area contributed by atoms with Crippen molar-refractivity contribution in [1.82, 2.24) is 0 Å². The molecule has 0 aromatic rings. The largest absolute Gasteiger partial charge is 0.330 e. The van der Waals surface area contributed by atoms with E-state index in [0.29, 0.717) is 0 Å². The summed E-state index contributed by atoms with van der Waals surface area (Å²) in [5, 5.41) is 0. The average molecular weight is 310 g/mol. The molecule has 0 aliphatic carbocycles. The van der Waals surface area contributed by atoms with Crippen LogP contribution in [0.1, 0.15) is 0 Å². The van der Waals surface area contributed by atoms with E-state index in [1.54, 1.807) is 0 Å². The molecule has 18 heavy (non-hydrogen) atoms. The van der Waals surface area contributed by atoms with Crippen LogP contribution in [0.25, 0.3) is 0 Å². The van der Waals surface area contributed by atoms with Crippen LogP contribution in [0.5, 0.6) is 0 Å². The minimum Gasteiger partial charge on any atom is -0.328 e. The monoisotopic (exact) mass is 310 g/mol. The van der Waals surface area contributed by atoms with Crippen LogP contribution in [0.2, 0.25) is 0 Å². The van der Waals surface area contributed by atoms with Gasteiger partial charge in [0.1, 0.15) is 13.2 Å². The standard InChI is InChI=1S/C6H7F8O3P/c7-3(8)5(11,12)1-16-18(15)17-2-6(13,14)4(9)10/h3-4,15H,1-2H2. The van der Waals surface area contributed by atoms with Gasteiger partial charge in [0.2, 0.25) is 0 Å². The third kappa shape index (κ3) is 6.07. The first kappa shape index (κ1) is 17.8. The van der Waals surface area contributed by atoms with Crippen molar-refractivity contribution < 1.29 is 49.1 Å². The van der Waals surface area contributed by atoms with Gasteiger partial charge in [0.25, 0.3) is 0 Å². The van der Waals surface area contributed by atoms with Crippen molar-refractivity contribution in [2.45, 2.75) is 24.7 Å². The molecule has 110 valence electrons. The molecule has 1 N–H and O–H groups in total. The molecule has 0 amide bonds. The van der Waals surface area contributed by atoms with Gasteiger partial charge in [0, 0.05) is 0 Å². The van der Waals surface area contributed by atoms with Gasteiger partial charge in [0.05, 0.1) is 0 Å². The molecular formula is C6H7F8O3P. The summed E-state index contributed by atoms with van der Waals surface area (Å²) in [5.74, 6) is -9.23. The first-order chi connectivity index (χ1) is 7.99. The highest BCUT2D eigenvalue weighted by Crippen LogP contribution is 2.38. The Morgan fingerprint density at radius 3 is 1.33 bits per heavy atom. The van der Waals surface area contributed by atoms with E-state index < -0.39 is 46.5 Å². The van der Waals surface area contributed by atoms with Crippen LogP contribution in [0, 0.1) is 0 Å². The lowest BCUT2D eigenvalue weighted by Gasteiger charge is -2.19. The molecule has 0 aliphatic rings. The van der Waals surface area contributed by atoms with Gasteiger partial charge in [-0.25, -0.2) is 17.6 Å². The van der Waals surface area contributed by atoms with E-state index >= 15 is 0 Å². The van der Waals surface area contributed by atoms with Crippen molar-refractivity contribution in [2.24, 2.45) is 0 Å². The lowest BCUT2D eigenvalue weighted by molar-refractivity contribution is -0.158. The molecule has 0 rings (SSSR count). The fraction of sp³-hybridized carbons (Fsp3) is 1.00. The Kier molecular flexibility index (Phi) is 6.69. The van der Waals surface area contributed by atoms with Gasteiger partial charge in [-0.05, 0) is 0 Å². The smallest absolute Gasteiger partial charge is 0.328 e. The molecule has 0 saturated heterocycles. The number of hydrogen-bond donors (Lipinski definition) is 1. The highest BCUT2D eigenvalue weighted by atomic mass is 31.2. The Bertz CT molecular complexity index is 227. The van der Waals surface area contributed by atoms with Crippen LogP contribution >= 0.6 is 8.60 Å². The van der Waals surface area contributed by atoms with Crippen molar-refractivity contribution in [3.63, 3.8) is 0 Å². The summed E-state index contributed by atoms with van der Waals surface area (Å²) in [5.41, 5.74) is 0. The number of rotatable bonds is 8. The minimum atomic E-state index is -4.61. The Balaban J connectivity index is 4.03. The van der Waals surface area contributed by atoms with Crippen LogP contribution < -0.4 is 0 Å². The zero-order chi connectivity index (χ0) is 14.6. The SMILES string of the molecule is OP(OCC(F)(F)C(F)F)OCC(F)(F)C(F)F. The van der Waals surface area contributed by atoms with Gasteiger partial charge in [-0.15, -0.1) is 0 Å². The van der Waals surface area contributed by atoms with E-state index in [4.69, 9.17) is 4.89 Å². The van der Waals surface area contributed by atoms with Crippen LogP contribution in [0.4, 0.5) is 35.1 Å². The molecule has 0 fully saturated rings. The van der Waals surface area contributed by atoms with Gasteiger partial charge in [0.15, 0.2) is 0 Å². The zero-order valence-electron chi connectivity index (χ0n) is 8.30. The van der Waals surface area contributed by atoms with Gasteiger partial charge in [-0.1, -0.05) is 0 Å². The van der Waals surface area contributed by atoms with E-state index in [0.717, 1.165) is 0 Å². The van der Waals surface area contributed by atoms with E-state index in [2.05, 4.69) is 9.05 Å². The number of hydrogen-bond acceptors (Lipinski definition) is 3. The predicted octanol–water partition coefficient (Wildman–Crippen LogP) is 3.04. The lowest BCUT2D eigenvalue weighted by Crippen LogP contribution is -2.33. The fourth-order valence-electron chi connectivity index (χ4n) is 0.446. The topological polar surface area (TPSA) is 38.7 Å². The molecular weight excluding hydrogens is 303 g/mol. The first-order valence-electron chi connectivity index (χ1n) is 4.06. The molecule has 0 radical (unpaired) electrons. The Labute approximate surface area is 96.7 Å². The van der Waals surface area contributed by atoms with Gasteiger partial charge >= 0.3 is 33.3 Å². The maximum atomic E-state index is 12.2. The van der Waals surface area contributed by atoms with Gasteiger partial charge < -0.3 is 13.9 Å². The molecule has 0 aromatic heterocycles. The summed E-state index contributed by atoms with van der Waals surface area (Å²) in [6.07, 6.45) is -8.19. The quantitative estimate of drug-likeness (QED) is 0.553. The maximum absolute atomic E-state index is 12.2. The molecule has 3 nitrogen and oxygen atoms in total. The fourth-order valence-corrected chi connectivity index (χ4v) is 1.09. The van der Waals surface area contributed by atoms with E-state index in [-0.39, 0.29) is 0 Å². The van der Waals surface area contributed by atoms with Gasteiger partial charge in [-0.2, -0.15) is 17.6 Å². The summed E-state index contributed by atoms with van der Waals surface area (Å²) in [6.45, 7) is -3.99. The molecule has 0 unspecified atom stereocenters. The van der Waals surface area contributed by atoms with E-state index in [1.807, 2.05) is 0 Å². The Morgan fingerprint density at radius 2 is 1.11 bits per heavy atom. The summed E-state index contributed by atoms with van der Waals surface area (Å²) in [7, 11) is -3.39. The Morgan fingerprint density at radius 1 is 0.833 bits per heavy atom. The molecule has 0 bridgehead atoms. The number of halogens is 8. The van der Waals surface area contributed by atoms with Crippen LogP contribution in [0.3, 0.4) is 0 Å². The van der Waals surface area contributed by atoms with Crippen molar-refractivity contribution >= 4 is 8.60 Å². The maximum Gasteiger partial charge on any atom is 0.330 e. The number of alkyl halides is 8. The molecule has 12 heteroatoms. The average Bonchev–Trinajstić information content (AvgIpc) is 2.23. The van der Waals surface area contributed by atoms with Crippen LogP contribution in [-0.4, -0.2) is 42.8 Å². The molecule has 0 aromatic carbocycles. The molecule has 0 atom stereocenters. The molecule has 0 heterocycles. The molecule has 0 spiro atoms. The Hall–Kier alpha value is -0.250. The van der Waals surface area contributed by atoms with Crippen molar-refractivity contribution in [3.8, 4) is 0 Å². The highest BCUT2D eigenvalue weighted by Gasteiger charge is 2.44. The van der Waals surface area contributed by atoms with Crippen molar-refractivity contribution in [1.29, 1.82) is 0 Å². The second-order valence-electron chi connectivity index (χ2n) is 2.91. The summed E-state index contributed by atoms with van der Waals surface area (Å²) >= 11 is 0. The lowest BCUT2D eigenvalue weighted by atomic mass is 10.4. The van der Waals surface area contributed by atoms with Crippen molar-refractivity contribution in [3.05, 3.63) is 0 Å². The molecule has 0 aliphatic heterocycles. The van der Waals surface area contributed by atoms with Crippen LogP contribution in [0.15, 0.2) is 0 Å². The summed E-state index contributed by atoms with van der Waals surface area (Å²) in [6, 6.07) is 0. The van der Waals surface area contributed by atoms with Crippen LogP contribution in [-0.2, 0) is 9.05 Å². The highest BCUT2D eigenvalue weighted by molar-refractivity contribution is 7.40. The minimum absolute atomic E-state index is 1.99. The zero-order valence-corrected chi connectivity index (χ0v) is 9.20.